The van der Waals surface area contributed by atoms with E-state index in [2.05, 4.69) is 12.1 Å². The number of hydrogen-bond acceptors (Lipinski definition) is 3. The molecule has 0 aromatic carbocycles. The molecule has 1 saturated heterocycles. The van der Waals surface area contributed by atoms with Crippen LogP contribution in [0.1, 0.15) is 45.4 Å². The molecule has 2 rings (SSSR count). The van der Waals surface area contributed by atoms with Crippen molar-refractivity contribution in [3.63, 3.8) is 0 Å². The van der Waals surface area contributed by atoms with Crippen LogP contribution in [0.4, 0.5) is 0 Å². The molecule has 0 unspecified atom stereocenters. The van der Waals surface area contributed by atoms with Crippen LogP contribution >= 0.6 is 0 Å². The van der Waals surface area contributed by atoms with Crippen LogP contribution in [0.15, 0.2) is 5.16 Å². The van der Waals surface area contributed by atoms with Crippen molar-refractivity contribution in [2.45, 2.75) is 45.4 Å². The van der Waals surface area contributed by atoms with Gasteiger partial charge >= 0.3 is 0 Å². The fourth-order valence-corrected chi connectivity index (χ4v) is 3.05. The number of amides is 1. The van der Waals surface area contributed by atoms with Crippen molar-refractivity contribution in [3.8, 4) is 0 Å². The number of carbonyl (C=O) groups excluding carboxylic acids is 1. The highest BCUT2D eigenvalue weighted by Crippen LogP contribution is 2.43. The average molecular weight is 253 g/mol. The first-order valence-corrected chi connectivity index (χ1v) is 6.91. The molecule has 0 spiro atoms. The lowest BCUT2D eigenvalue weighted by Crippen LogP contribution is -2.56. The Labute approximate surface area is 108 Å². The minimum atomic E-state index is -0.701. The second kappa shape index (κ2) is 5.16. The maximum absolute atomic E-state index is 12.6. The summed E-state index contributed by atoms with van der Waals surface area (Å²) in [4.78, 5) is 14.5. The Morgan fingerprint density at radius 1 is 1.44 bits per heavy atom. The van der Waals surface area contributed by atoms with E-state index in [1.807, 2.05) is 4.90 Å². The minimum absolute atomic E-state index is 0.0682. The Hall–Kier alpha value is -1.26. The molecule has 1 aliphatic heterocycles. The zero-order valence-electron chi connectivity index (χ0n) is 11.1. The number of piperidine rings is 1. The largest absolute Gasteiger partial charge is 0.409 e. The molecule has 0 aromatic rings. The standard InChI is InChI=1S/C13H23N3O2/c1-2-10-4-8-16(9-5-10)12(17)13(6-3-7-13)11(14)15-18/h10,18H,2-9H2,1H3,(H2,14,15). The van der Waals surface area contributed by atoms with E-state index in [9.17, 15) is 4.79 Å². The predicted molar refractivity (Wildman–Crippen MR) is 69.3 cm³/mol. The minimum Gasteiger partial charge on any atom is -0.409 e. The van der Waals surface area contributed by atoms with E-state index in [-0.39, 0.29) is 11.7 Å². The lowest BCUT2D eigenvalue weighted by atomic mass is 9.66. The molecular weight excluding hydrogens is 230 g/mol. The topological polar surface area (TPSA) is 78.9 Å². The summed E-state index contributed by atoms with van der Waals surface area (Å²) in [6, 6.07) is 0. The van der Waals surface area contributed by atoms with Crippen LogP contribution < -0.4 is 5.73 Å². The first-order chi connectivity index (χ1) is 8.64. The SMILES string of the molecule is CCC1CCN(C(=O)C2(C(N)=NO)CCC2)CC1. The summed E-state index contributed by atoms with van der Waals surface area (Å²) in [5.41, 5.74) is 5.03. The summed E-state index contributed by atoms with van der Waals surface area (Å²) in [5.74, 6) is 0.908. The van der Waals surface area contributed by atoms with Crippen molar-refractivity contribution in [2.75, 3.05) is 13.1 Å². The lowest BCUT2D eigenvalue weighted by Gasteiger charge is -2.44. The van der Waals surface area contributed by atoms with Crippen LogP contribution in [-0.2, 0) is 4.79 Å². The Balaban J connectivity index is 2.03. The van der Waals surface area contributed by atoms with Crippen molar-refractivity contribution < 1.29 is 10.0 Å². The van der Waals surface area contributed by atoms with Gasteiger partial charge in [0.05, 0.1) is 0 Å². The Kier molecular flexibility index (Phi) is 3.78. The molecule has 102 valence electrons. The third-order valence-corrected chi connectivity index (χ3v) is 4.69. The van der Waals surface area contributed by atoms with Gasteiger partial charge < -0.3 is 15.8 Å². The average Bonchev–Trinajstić information content (AvgIpc) is 2.37. The number of nitrogens with zero attached hydrogens (tertiary/aromatic N) is 2. The monoisotopic (exact) mass is 253 g/mol. The van der Waals surface area contributed by atoms with Gasteiger partial charge in [0.2, 0.25) is 5.91 Å². The van der Waals surface area contributed by atoms with Gasteiger partial charge in [0.1, 0.15) is 5.41 Å². The van der Waals surface area contributed by atoms with Crippen LogP contribution in [0.25, 0.3) is 0 Å². The van der Waals surface area contributed by atoms with Gasteiger partial charge in [-0.1, -0.05) is 24.9 Å². The molecule has 18 heavy (non-hydrogen) atoms. The molecule has 0 atom stereocenters. The second-order valence-electron chi connectivity index (χ2n) is 5.56. The molecule has 2 fully saturated rings. The number of hydrogen-bond donors (Lipinski definition) is 2. The number of carbonyl (C=O) groups is 1. The Morgan fingerprint density at radius 3 is 2.44 bits per heavy atom. The van der Waals surface area contributed by atoms with Crippen molar-refractivity contribution in [2.24, 2.45) is 22.2 Å². The first-order valence-electron chi connectivity index (χ1n) is 6.91. The van der Waals surface area contributed by atoms with Gasteiger partial charge in [0.25, 0.3) is 0 Å². The number of nitrogens with two attached hydrogens (primary N) is 1. The summed E-state index contributed by atoms with van der Waals surface area (Å²) in [7, 11) is 0. The lowest BCUT2D eigenvalue weighted by molar-refractivity contribution is -0.143. The van der Waals surface area contributed by atoms with Crippen LogP contribution in [0.5, 0.6) is 0 Å². The highest BCUT2D eigenvalue weighted by molar-refractivity contribution is 6.07. The fourth-order valence-electron chi connectivity index (χ4n) is 3.05. The first kappa shape index (κ1) is 13.2. The quantitative estimate of drug-likeness (QED) is 0.346. The molecule has 0 bridgehead atoms. The number of amidine groups is 1. The molecule has 0 radical (unpaired) electrons. The second-order valence-corrected chi connectivity index (χ2v) is 5.56. The van der Waals surface area contributed by atoms with Crippen LogP contribution in [0, 0.1) is 11.3 Å². The Bertz CT molecular complexity index is 342. The molecule has 1 saturated carbocycles. The van der Waals surface area contributed by atoms with Crippen LogP contribution in [-0.4, -0.2) is 34.9 Å². The smallest absolute Gasteiger partial charge is 0.236 e. The van der Waals surface area contributed by atoms with E-state index < -0.39 is 5.41 Å². The molecule has 1 aliphatic carbocycles. The summed E-state index contributed by atoms with van der Waals surface area (Å²) in [5, 5.41) is 11.9. The number of oxime groups is 1. The van der Waals surface area contributed by atoms with Gasteiger partial charge in [-0.15, -0.1) is 0 Å². The molecule has 0 aromatic heterocycles. The molecule has 5 nitrogen and oxygen atoms in total. The maximum atomic E-state index is 12.6. The predicted octanol–water partition coefficient (Wildman–Crippen LogP) is 1.55. The van der Waals surface area contributed by atoms with Gasteiger partial charge in [-0.05, 0) is 31.6 Å². The molecule has 2 aliphatic rings. The van der Waals surface area contributed by atoms with Gasteiger partial charge in [0.15, 0.2) is 5.84 Å². The van der Waals surface area contributed by atoms with Crippen LogP contribution in [0.2, 0.25) is 0 Å². The number of rotatable bonds is 3. The zero-order chi connectivity index (χ0) is 13.2. The van der Waals surface area contributed by atoms with Gasteiger partial charge in [-0.25, -0.2) is 0 Å². The van der Waals surface area contributed by atoms with Gasteiger partial charge in [-0.3, -0.25) is 4.79 Å². The van der Waals surface area contributed by atoms with E-state index >= 15 is 0 Å². The normalized spacial score (nSPS) is 24.7. The van der Waals surface area contributed by atoms with Gasteiger partial charge in [-0.2, -0.15) is 0 Å². The summed E-state index contributed by atoms with van der Waals surface area (Å²) < 4.78 is 0. The van der Waals surface area contributed by atoms with Gasteiger partial charge in [0, 0.05) is 13.1 Å². The fraction of sp³-hybridized carbons (Fsp3) is 0.846. The third-order valence-electron chi connectivity index (χ3n) is 4.69. The van der Waals surface area contributed by atoms with Crippen molar-refractivity contribution in [1.82, 2.24) is 4.90 Å². The van der Waals surface area contributed by atoms with Crippen molar-refractivity contribution in [1.29, 1.82) is 0 Å². The molecular formula is C13H23N3O2. The van der Waals surface area contributed by atoms with Crippen molar-refractivity contribution >= 4 is 11.7 Å². The molecule has 1 amide bonds. The zero-order valence-corrected chi connectivity index (χ0v) is 11.1. The maximum Gasteiger partial charge on any atom is 0.236 e. The third kappa shape index (κ3) is 2.06. The van der Waals surface area contributed by atoms with Crippen molar-refractivity contribution in [3.05, 3.63) is 0 Å². The van der Waals surface area contributed by atoms with E-state index in [1.165, 1.54) is 6.42 Å². The van der Waals surface area contributed by atoms with E-state index in [1.54, 1.807) is 0 Å². The van der Waals surface area contributed by atoms with E-state index in [0.29, 0.717) is 0 Å². The highest BCUT2D eigenvalue weighted by atomic mass is 16.4. The van der Waals surface area contributed by atoms with E-state index in [4.69, 9.17) is 10.9 Å². The highest BCUT2D eigenvalue weighted by Gasteiger charge is 2.50. The summed E-state index contributed by atoms with van der Waals surface area (Å²) in [6.45, 7) is 3.83. The van der Waals surface area contributed by atoms with E-state index in [0.717, 1.165) is 51.1 Å². The molecule has 3 N–H and O–H groups in total. The summed E-state index contributed by atoms with van der Waals surface area (Å²) >= 11 is 0. The number of likely N-dealkylation sites (tertiary alicyclic amines) is 1. The Morgan fingerprint density at radius 2 is 2.06 bits per heavy atom. The molecule has 5 heteroatoms. The summed E-state index contributed by atoms with van der Waals surface area (Å²) in [6.07, 6.45) is 5.76. The molecule has 1 heterocycles. The van der Waals surface area contributed by atoms with Crippen LogP contribution in [0.3, 0.4) is 0 Å².